The molecule has 130 valence electrons. The molecule has 0 heterocycles. The second-order valence-corrected chi connectivity index (χ2v) is 7.04. The van der Waals surface area contributed by atoms with Crippen LogP contribution in [0.25, 0.3) is 0 Å². The molecule has 0 saturated carbocycles. The lowest BCUT2D eigenvalue weighted by molar-refractivity contribution is 0.146. The summed E-state index contributed by atoms with van der Waals surface area (Å²) in [7, 11) is 1.68. The first-order valence-corrected chi connectivity index (χ1v) is 8.50. The Labute approximate surface area is 146 Å². The van der Waals surface area contributed by atoms with E-state index in [2.05, 4.69) is 62.5 Å². The van der Waals surface area contributed by atoms with Crippen molar-refractivity contribution in [2.75, 3.05) is 20.3 Å². The van der Waals surface area contributed by atoms with Crippen LogP contribution in [0.4, 0.5) is 0 Å². The van der Waals surface area contributed by atoms with Gasteiger partial charge in [-0.2, -0.15) is 0 Å². The summed E-state index contributed by atoms with van der Waals surface area (Å²) < 4.78 is 10.6. The smallest absolute Gasteiger partial charge is 0.119 e. The molecule has 1 N–H and O–H groups in total. The van der Waals surface area contributed by atoms with Gasteiger partial charge in [-0.25, -0.2) is 0 Å². The zero-order valence-corrected chi connectivity index (χ0v) is 15.3. The normalized spacial score (nSPS) is 11.5. The van der Waals surface area contributed by atoms with Gasteiger partial charge >= 0.3 is 0 Å². The van der Waals surface area contributed by atoms with Gasteiger partial charge in [0, 0.05) is 20.2 Å². The summed E-state index contributed by atoms with van der Waals surface area (Å²) in [6.07, 6.45) is 0. The fourth-order valence-corrected chi connectivity index (χ4v) is 2.46. The maximum absolute atomic E-state index is 5.64. The molecular formula is C21H29NO2. The van der Waals surface area contributed by atoms with E-state index in [-0.39, 0.29) is 5.41 Å². The summed E-state index contributed by atoms with van der Waals surface area (Å²) in [4.78, 5) is 0. The molecule has 0 spiro atoms. The van der Waals surface area contributed by atoms with Crippen molar-refractivity contribution in [3.63, 3.8) is 0 Å². The largest absolute Gasteiger partial charge is 0.491 e. The first-order valence-electron chi connectivity index (χ1n) is 8.50. The topological polar surface area (TPSA) is 30.5 Å². The molecule has 0 atom stereocenters. The molecule has 0 fully saturated rings. The molecule has 24 heavy (non-hydrogen) atoms. The van der Waals surface area contributed by atoms with Crippen LogP contribution in [0.5, 0.6) is 5.75 Å². The van der Waals surface area contributed by atoms with Crippen molar-refractivity contribution in [1.29, 1.82) is 0 Å². The Morgan fingerprint density at radius 3 is 2.25 bits per heavy atom. The van der Waals surface area contributed by atoms with E-state index in [1.54, 1.807) is 7.11 Å². The summed E-state index contributed by atoms with van der Waals surface area (Å²) >= 11 is 0. The van der Waals surface area contributed by atoms with E-state index >= 15 is 0 Å². The fraction of sp³-hybridized carbons (Fsp3) is 0.429. The lowest BCUT2D eigenvalue weighted by Crippen LogP contribution is -2.14. The summed E-state index contributed by atoms with van der Waals surface area (Å²) in [5.41, 5.74) is 4.09. The highest BCUT2D eigenvalue weighted by Gasteiger charge is 2.12. The van der Waals surface area contributed by atoms with Gasteiger partial charge in [0.15, 0.2) is 0 Å². The standard InChI is InChI=1S/C21H29NO2/c1-21(2,3)19-10-8-17(9-11-19)15-22-16-18-6-5-7-20(14-18)24-13-12-23-4/h5-11,14,22H,12-13,15-16H2,1-4H3. The van der Waals surface area contributed by atoms with E-state index in [4.69, 9.17) is 9.47 Å². The van der Waals surface area contributed by atoms with E-state index in [9.17, 15) is 0 Å². The number of rotatable bonds is 8. The molecule has 0 saturated heterocycles. The zero-order chi connectivity index (χ0) is 17.4. The van der Waals surface area contributed by atoms with Crippen molar-refractivity contribution in [3.8, 4) is 5.75 Å². The lowest BCUT2D eigenvalue weighted by Gasteiger charge is -2.19. The maximum Gasteiger partial charge on any atom is 0.119 e. The fourth-order valence-electron chi connectivity index (χ4n) is 2.46. The van der Waals surface area contributed by atoms with Gasteiger partial charge in [-0.3, -0.25) is 0 Å². The molecule has 2 aromatic rings. The van der Waals surface area contributed by atoms with Crippen LogP contribution >= 0.6 is 0 Å². The Hall–Kier alpha value is -1.84. The van der Waals surface area contributed by atoms with E-state index in [0.717, 1.165) is 18.8 Å². The molecular weight excluding hydrogens is 298 g/mol. The van der Waals surface area contributed by atoms with Gasteiger partial charge in [-0.05, 0) is 34.2 Å². The van der Waals surface area contributed by atoms with Gasteiger partial charge in [-0.1, -0.05) is 57.2 Å². The monoisotopic (exact) mass is 327 g/mol. The number of benzene rings is 2. The zero-order valence-electron chi connectivity index (χ0n) is 15.3. The van der Waals surface area contributed by atoms with Crippen LogP contribution in [-0.4, -0.2) is 20.3 Å². The molecule has 0 aromatic heterocycles. The van der Waals surface area contributed by atoms with Gasteiger partial charge < -0.3 is 14.8 Å². The quantitative estimate of drug-likeness (QED) is 0.733. The molecule has 0 bridgehead atoms. The molecule has 3 heteroatoms. The first kappa shape index (κ1) is 18.5. The van der Waals surface area contributed by atoms with Crippen molar-refractivity contribution in [3.05, 3.63) is 65.2 Å². The van der Waals surface area contributed by atoms with Gasteiger partial charge in [0.2, 0.25) is 0 Å². The van der Waals surface area contributed by atoms with E-state index in [1.165, 1.54) is 16.7 Å². The number of ether oxygens (including phenoxy) is 2. The number of hydrogen-bond acceptors (Lipinski definition) is 3. The molecule has 3 nitrogen and oxygen atoms in total. The number of methoxy groups -OCH3 is 1. The molecule has 0 aliphatic rings. The molecule has 0 radical (unpaired) electrons. The number of nitrogens with one attached hydrogen (secondary N) is 1. The molecule has 0 aliphatic heterocycles. The van der Waals surface area contributed by atoms with Crippen LogP contribution in [0.2, 0.25) is 0 Å². The Balaban J connectivity index is 1.82. The van der Waals surface area contributed by atoms with Crippen molar-refractivity contribution < 1.29 is 9.47 Å². The Morgan fingerprint density at radius 2 is 1.58 bits per heavy atom. The highest BCUT2D eigenvalue weighted by atomic mass is 16.5. The second-order valence-electron chi connectivity index (χ2n) is 7.04. The van der Waals surface area contributed by atoms with Gasteiger partial charge in [0.05, 0.1) is 6.61 Å². The highest BCUT2D eigenvalue weighted by molar-refractivity contribution is 5.29. The van der Waals surface area contributed by atoms with E-state index < -0.39 is 0 Å². The van der Waals surface area contributed by atoms with E-state index in [1.807, 2.05) is 12.1 Å². The average Bonchev–Trinajstić information content (AvgIpc) is 2.55. The van der Waals surface area contributed by atoms with Crippen LogP contribution in [0.1, 0.15) is 37.5 Å². The SMILES string of the molecule is COCCOc1cccc(CNCc2ccc(C(C)(C)C)cc2)c1. The third-order valence-corrected chi connectivity index (χ3v) is 3.93. The average molecular weight is 327 g/mol. The second kappa shape index (κ2) is 8.86. The minimum atomic E-state index is 0.204. The van der Waals surface area contributed by atoms with Crippen molar-refractivity contribution in [2.45, 2.75) is 39.3 Å². The predicted molar refractivity (Wildman–Crippen MR) is 99.5 cm³/mol. The molecule has 0 unspecified atom stereocenters. The minimum Gasteiger partial charge on any atom is -0.491 e. The maximum atomic E-state index is 5.64. The minimum absolute atomic E-state index is 0.204. The van der Waals surface area contributed by atoms with Crippen LogP contribution in [0.15, 0.2) is 48.5 Å². The van der Waals surface area contributed by atoms with E-state index in [0.29, 0.717) is 13.2 Å². The van der Waals surface area contributed by atoms with Gasteiger partial charge in [-0.15, -0.1) is 0 Å². The van der Waals surface area contributed by atoms with Gasteiger partial charge in [0.1, 0.15) is 12.4 Å². The Kier molecular flexibility index (Phi) is 6.83. The van der Waals surface area contributed by atoms with Crippen molar-refractivity contribution >= 4 is 0 Å². The highest BCUT2D eigenvalue weighted by Crippen LogP contribution is 2.22. The number of hydrogen-bond donors (Lipinski definition) is 1. The van der Waals surface area contributed by atoms with Crippen molar-refractivity contribution in [1.82, 2.24) is 5.32 Å². The molecule has 0 aliphatic carbocycles. The first-order chi connectivity index (χ1) is 11.5. The lowest BCUT2D eigenvalue weighted by atomic mass is 9.87. The third kappa shape index (κ3) is 5.99. The molecule has 0 amide bonds. The summed E-state index contributed by atoms with van der Waals surface area (Å²) in [6.45, 7) is 9.58. The summed E-state index contributed by atoms with van der Waals surface area (Å²) in [6, 6.07) is 17.0. The van der Waals surface area contributed by atoms with Crippen molar-refractivity contribution in [2.24, 2.45) is 0 Å². The predicted octanol–water partition coefficient (Wildman–Crippen LogP) is 4.30. The molecule has 2 rings (SSSR count). The Bertz CT molecular complexity index is 614. The van der Waals surface area contributed by atoms with Crippen LogP contribution < -0.4 is 10.1 Å². The summed E-state index contributed by atoms with van der Waals surface area (Å²) in [5.74, 6) is 0.890. The summed E-state index contributed by atoms with van der Waals surface area (Å²) in [5, 5.41) is 3.49. The third-order valence-electron chi connectivity index (χ3n) is 3.93. The van der Waals surface area contributed by atoms with Crippen LogP contribution in [-0.2, 0) is 23.2 Å². The Morgan fingerprint density at radius 1 is 0.875 bits per heavy atom. The van der Waals surface area contributed by atoms with Crippen LogP contribution in [0, 0.1) is 0 Å². The van der Waals surface area contributed by atoms with Gasteiger partial charge in [0.25, 0.3) is 0 Å². The van der Waals surface area contributed by atoms with Crippen LogP contribution in [0.3, 0.4) is 0 Å². The molecule has 2 aromatic carbocycles.